The predicted molar refractivity (Wildman–Crippen MR) is 101 cm³/mol. The third kappa shape index (κ3) is 5.36. The number of carbonyl (C=O) groups is 2. The zero-order chi connectivity index (χ0) is 20.1. The summed E-state index contributed by atoms with van der Waals surface area (Å²) in [7, 11) is 0. The fourth-order valence-electron chi connectivity index (χ4n) is 2.36. The Hall–Kier alpha value is -2.26. The Balaban J connectivity index is 2.17. The quantitative estimate of drug-likeness (QED) is 0.499. The monoisotopic (exact) mass is 396 g/mol. The first-order valence-corrected chi connectivity index (χ1v) is 9.49. The molecule has 2 rings (SSSR count). The highest BCUT2D eigenvalue weighted by atomic mass is 32.1. The first-order valence-electron chi connectivity index (χ1n) is 8.67. The highest BCUT2D eigenvalue weighted by Gasteiger charge is 2.21. The highest BCUT2D eigenvalue weighted by molar-refractivity contribution is 7.20. The van der Waals surface area contributed by atoms with Gasteiger partial charge in [0.1, 0.15) is 22.9 Å². The number of hydrogen-bond donors (Lipinski definition) is 0. The van der Waals surface area contributed by atoms with Gasteiger partial charge in [0.2, 0.25) is 0 Å². The fourth-order valence-corrected chi connectivity index (χ4v) is 3.38. The summed E-state index contributed by atoms with van der Waals surface area (Å²) in [5, 5.41) is 0.314. The van der Waals surface area contributed by atoms with Crippen molar-refractivity contribution in [3.8, 4) is 0 Å². The molecule has 148 valence electrons. The number of carbonyl (C=O) groups excluding carboxylic acids is 2. The number of aromatic nitrogens is 2. The second-order valence-electron chi connectivity index (χ2n) is 6.51. The first kappa shape index (κ1) is 21.0. The molecular formula is C18H24N2O6S. The van der Waals surface area contributed by atoms with Crippen LogP contribution in [0.15, 0.2) is 11.1 Å². The second-order valence-corrected chi connectivity index (χ2v) is 7.51. The molecule has 0 radical (unpaired) electrons. The van der Waals surface area contributed by atoms with E-state index in [1.165, 1.54) is 10.9 Å². The van der Waals surface area contributed by atoms with Gasteiger partial charge in [-0.15, -0.1) is 11.3 Å². The number of hydrogen-bond acceptors (Lipinski definition) is 8. The van der Waals surface area contributed by atoms with Crippen LogP contribution in [0.25, 0.3) is 10.2 Å². The Kier molecular flexibility index (Phi) is 7.09. The van der Waals surface area contributed by atoms with E-state index in [2.05, 4.69) is 4.98 Å². The van der Waals surface area contributed by atoms with Crippen LogP contribution in [0.2, 0.25) is 0 Å². The molecule has 2 aromatic rings. The molecule has 0 saturated heterocycles. The van der Waals surface area contributed by atoms with Crippen molar-refractivity contribution in [1.82, 2.24) is 9.55 Å². The summed E-state index contributed by atoms with van der Waals surface area (Å²) in [6.07, 6.45) is 1.07. The van der Waals surface area contributed by atoms with Crippen LogP contribution in [0.4, 0.5) is 0 Å². The van der Waals surface area contributed by atoms with Gasteiger partial charge in [0.15, 0.2) is 0 Å². The second kappa shape index (κ2) is 9.09. The standard InChI is InChI=1S/C18H24N2O6S/c1-10(2)24-6-7-25-13(21)8-20-9-19-16-14(17(20)22)12(5)15(27-16)18(23)26-11(3)4/h9-11H,6-8H2,1-5H3. The molecule has 0 aliphatic carbocycles. The van der Waals surface area contributed by atoms with Gasteiger partial charge in [0.25, 0.3) is 5.56 Å². The Labute approximate surface area is 161 Å². The lowest BCUT2D eigenvalue weighted by atomic mass is 10.2. The van der Waals surface area contributed by atoms with Crippen molar-refractivity contribution in [3.05, 3.63) is 27.1 Å². The Bertz CT molecular complexity index is 884. The number of ether oxygens (including phenoxy) is 3. The van der Waals surface area contributed by atoms with E-state index >= 15 is 0 Å². The van der Waals surface area contributed by atoms with Crippen LogP contribution in [0.3, 0.4) is 0 Å². The van der Waals surface area contributed by atoms with Crippen molar-refractivity contribution >= 4 is 33.5 Å². The topological polar surface area (TPSA) is 96.7 Å². The summed E-state index contributed by atoms with van der Waals surface area (Å²) in [4.78, 5) is 41.8. The molecule has 0 amide bonds. The molecule has 9 heteroatoms. The van der Waals surface area contributed by atoms with Gasteiger partial charge >= 0.3 is 11.9 Å². The molecule has 8 nitrogen and oxygen atoms in total. The largest absolute Gasteiger partial charge is 0.462 e. The minimum absolute atomic E-state index is 0.0519. The maximum absolute atomic E-state index is 12.7. The van der Waals surface area contributed by atoms with Crippen molar-refractivity contribution in [2.24, 2.45) is 0 Å². The molecule has 0 fully saturated rings. The van der Waals surface area contributed by atoms with Crippen LogP contribution in [-0.2, 0) is 25.5 Å². The van der Waals surface area contributed by atoms with Crippen LogP contribution >= 0.6 is 11.3 Å². The summed E-state index contributed by atoms with van der Waals surface area (Å²) in [6, 6.07) is 0. The smallest absolute Gasteiger partial charge is 0.348 e. The molecule has 0 atom stereocenters. The molecule has 0 unspecified atom stereocenters. The van der Waals surface area contributed by atoms with Crippen molar-refractivity contribution in [2.75, 3.05) is 13.2 Å². The van der Waals surface area contributed by atoms with Crippen LogP contribution < -0.4 is 5.56 Å². The normalized spacial score (nSPS) is 11.4. The minimum Gasteiger partial charge on any atom is -0.462 e. The van der Waals surface area contributed by atoms with Crippen LogP contribution in [-0.4, -0.2) is 46.9 Å². The first-order chi connectivity index (χ1) is 12.7. The average Bonchev–Trinajstić information content (AvgIpc) is 2.91. The van der Waals surface area contributed by atoms with Gasteiger partial charge in [0.05, 0.1) is 30.5 Å². The number of thiophene rings is 1. The van der Waals surface area contributed by atoms with Gasteiger partial charge in [-0.05, 0) is 40.2 Å². The summed E-state index contributed by atoms with van der Waals surface area (Å²) >= 11 is 1.10. The van der Waals surface area contributed by atoms with Crippen LogP contribution in [0.1, 0.15) is 42.9 Å². The van der Waals surface area contributed by atoms with Gasteiger partial charge in [-0.3, -0.25) is 14.2 Å². The lowest BCUT2D eigenvalue weighted by Gasteiger charge is -2.09. The Morgan fingerprint density at radius 1 is 1.19 bits per heavy atom. The molecule has 0 saturated carbocycles. The molecule has 0 bridgehead atoms. The number of fused-ring (bicyclic) bond motifs is 1. The molecule has 0 spiro atoms. The zero-order valence-corrected chi connectivity index (χ0v) is 16.9. The number of rotatable bonds is 8. The lowest BCUT2D eigenvalue weighted by Crippen LogP contribution is -2.26. The molecule has 2 aromatic heterocycles. The van der Waals surface area contributed by atoms with E-state index in [1.807, 2.05) is 13.8 Å². The van der Waals surface area contributed by atoms with Crippen molar-refractivity contribution in [2.45, 2.75) is 53.4 Å². The Morgan fingerprint density at radius 2 is 1.89 bits per heavy atom. The highest BCUT2D eigenvalue weighted by Crippen LogP contribution is 2.27. The third-order valence-electron chi connectivity index (χ3n) is 3.54. The van der Waals surface area contributed by atoms with Gasteiger partial charge in [-0.25, -0.2) is 9.78 Å². The van der Waals surface area contributed by atoms with Gasteiger partial charge in [0, 0.05) is 0 Å². The summed E-state index contributed by atoms with van der Waals surface area (Å²) in [5.74, 6) is -1.04. The molecule has 0 aromatic carbocycles. The van der Waals surface area contributed by atoms with E-state index in [1.54, 1.807) is 20.8 Å². The average molecular weight is 396 g/mol. The minimum atomic E-state index is -0.557. The van der Waals surface area contributed by atoms with E-state index in [4.69, 9.17) is 14.2 Å². The van der Waals surface area contributed by atoms with Gasteiger partial charge < -0.3 is 14.2 Å². The molecule has 0 aliphatic rings. The van der Waals surface area contributed by atoms with Crippen molar-refractivity contribution < 1.29 is 23.8 Å². The fraction of sp³-hybridized carbons (Fsp3) is 0.556. The maximum atomic E-state index is 12.7. The summed E-state index contributed by atoms with van der Waals surface area (Å²) < 4.78 is 16.7. The molecule has 0 N–H and O–H groups in total. The van der Waals surface area contributed by atoms with Gasteiger partial charge in [-0.1, -0.05) is 0 Å². The lowest BCUT2D eigenvalue weighted by molar-refractivity contribution is -0.146. The number of nitrogens with zero attached hydrogens (tertiary/aromatic N) is 2. The summed E-state index contributed by atoms with van der Waals surface area (Å²) in [6.45, 7) is 9.10. The van der Waals surface area contributed by atoms with E-state index in [9.17, 15) is 14.4 Å². The van der Waals surface area contributed by atoms with Crippen LogP contribution in [0, 0.1) is 6.92 Å². The summed E-state index contributed by atoms with van der Waals surface area (Å²) in [5.41, 5.74) is 0.110. The van der Waals surface area contributed by atoms with Crippen LogP contribution in [0.5, 0.6) is 0 Å². The number of esters is 2. The zero-order valence-electron chi connectivity index (χ0n) is 16.1. The predicted octanol–water partition coefficient (Wildman–Crippen LogP) is 2.30. The third-order valence-corrected chi connectivity index (χ3v) is 4.72. The van der Waals surface area contributed by atoms with Crippen molar-refractivity contribution in [3.63, 3.8) is 0 Å². The maximum Gasteiger partial charge on any atom is 0.348 e. The Morgan fingerprint density at radius 3 is 2.52 bits per heavy atom. The van der Waals surface area contributed by atoms with E-state index in [-0.39, 0.29) is 25.4 Å². The SMILES string of the molecule is Cc1c(C(=O)OC(C)C)sc2ncn(CC(=O)OCCOC(C)C)c(=O)c12. The molecule has 0 aliphatic heterocycles. The molecule has 27 heavy (non-hydrogen) atoms. The van der Waals surface area contributed by atoms with E-state index in [0.29, 0.717) is 27.3 Å². The van der Waals surface area contributed by atoms with E-state index < -0.39 is 17.5 Å². The molecule has 2 heterocycles. The number of aryl methyl sites for hydroxylation is 1. The van der Waals surface area contributed by atoms with E-state index in [0.717, 1.165) is 11.3 Å². The van der Waals surface area contributed by atoms with Crippen molar-refractivity contribution in [1.29, 1.82) is 0 Å². The van der Waals surface area contributed by atoms with Gasteiger partial charge in [-0.2, -0.15) is 0 Å². The molecular weight excluding hydrogens is 372 g/mol.